The number of morpholine rings is 1. The fourth-order valence-electron chi connectivity index (χ4n) is 3.34. The molecule has 2 N–H and O–H groups in total. The van der Waals surface area contributed by atoms with Crippen molar-refractivity contribution >= 4 is 29.9 Å². The highest BCUT2D eigenvalue weighted by Crippen LogP contribution is 2.14. The van der Waals surface area contributed by atoms with Gasteiger partial charge in [0, 0.05) is 39.3 Å². The van der Waals surface area contributed by atoms with Crippen LogP contribution < -0.4 is 10.6 Å². The van der Waals surface area contributed by atoms with Crippen LogP contribution in [0.4, 0.5) is 0 Å². The minimum Gasteiger partial charge on any atom is -0.379 e. The Morgan fingerprint density at radius 2 is 1.80 bits per heavy atom. The van der Waals surface area contributed by atoms with Crippen LogP contribution in [0.1, 0.15) is 30.9 Å². The Morgan fingerprint density at radius 3 is 2.53 bits per heavy atom. The largest absolute Gasteiger partial charge is 0.379 e. The standard InChI is InChI=1S/C21H33N7O.HI/c1-2-22-21(23-9-5-6-10-28-17-25-26-18-28)24-15-19-7-3-4-8-20(19)16-27-11-13-29-14-12-27;/h3-4,7-8,17-18H,2,5-6,9-16H2,1H3,(H2,22,23,24);1H. The van der Waals surface area contributed by atoms with Gasteiger partial charge in [-0.1, -0.05) is 24.3 Å². The highest BCUT2D eigenvalue weighted by atomic mass is 127. The summed E-state index contributed by atoms with van der Waals surface area (Å²) < 4.78 is 7.47. The zero-order chi connectivity index (χ0) is 20.2. The van der Waals surface area contributed by atoms with Crippen molar-refractivity contribution in [3.8, 4) is 0 Å². The summed E-state index contributed by atoms with van der Waals surface area (Å²) >= 11 is 0. The van der Waals surface area contributed by atoms with Gasteiger partial charge in [0.15, 0.2) is 5.96 Å². The van der Waals surface area contributed by atoms with Crippen molar-refractivity contribution in [2.24, 2.45) is 4.99 Å². The number of aromatic nitrogens is 3. The van der Waals surface area contributed by atoms with Crippen molar-refractivity contribution < 1.29 is 4.74 Å². The van der Waals surface area contributed by atoms with Crippen molar-refractivity contribution in [3.05, 3.63) is 48.0 Å². The first-order valence-electron chi connectivity index (χ1n) is 10.6. The number of benzene rings is 1. The third-order valence-corrected chi connectivity index (χ3v) is 4.97. The smallest absolute Gasteiger partial charge is 0.191 e. The summed E-state index contributed by atoms with van der Waals surface area (Å²) in [5, 5.41) is 14.4. The average Bonchev–Trinajstić information content (AvgIpc) is 3.27. The van der Waals surface area contributed by atoms with Crippen molar-refractivity contribution in [3.63, 3.8) is 0 Å². The summed E-state index contributed by atoms with van der Waals surface area (Å²) in [5.74, 6) is 0.873. The number of aryl methyl sites for hydroxylation is 1. The number of hydrogen-bond donors (Lipinski definition) is 2. The maximum absolute atomic E-state index is 5.46. The van der Waals surface area contributed by atoms with Gasteiger partial charge in [-0.3, -0.25) is 4.90 Å². The minimum absolute atomic E-state index is 0. The lowest BCUT2D eigenvalue weighted by molar-refractivity contribution is 0.0341. The molecule has 8 nitrogen and oxygen atoms in total. The Morgan fingerprint density at radius 1 is 1.07 bits per heavy atom. The third-order valence-electron chi connectivity index (χ3n) is 4.97. The van der Waals surface area contributed by atoms with Gasteiger partial charge in [-0.05, 0) is 30.9 Å². The van der Waals surface area contributed by atoms with E-state index in [-0.39, 0.29) is 24.0 Å². The number of halogens is 1. The summed E-state index contributed by atoms with van der Waals surface area (Å²) in [7, 11) is 0. The van der Waals surface area contributed by atoms with E-state index in [4.69, 9.17) is 9.73 Å². The van der Waals surface area contributed by atoms with Crippen LogP contribution in [-0.2, 0) is 24.4 Å². The maximum Gasteiger partial charge on any atom is 0.191 e. The zero-order valence-corrected chi connectivity index (χ0v) is 20.1. The molecule has 0 unspecified atom stereocenters. The lowest BCUT2D eigenvalue weighted by Gasteiger charge is -2.27. The predicted octanol–water partition coefficient (Wildman–Crippen LogP) is 2.26. The molecule has 0 bridgehead atoms. The van der Waals surface area contributed by atoms with E-state index >= 15 is 0 Å². The molecule has 3 rings (SSSR count). The third kappa shape index (κ3) is 8.57. The summed E-state index contributed by atoms with van der Waals surface area (Å²) in [6, 6.07) is 8.61. The highest BCUT2D eigenvalue weighted by Gasteiger charge is 2.12. The highest BCUT2D eigenvalue weighted by molar-refractivity contribution is 14.0. The number of ether oxygens (including phenoxy) is 1. The number of aliphatic imine (C=N–C) groups is 1. The van der Waals surface area contributed by atoms with Gasteiger partial charge in [-0.15, -0.1) is 34.2 Å². The Balaban J connectivity index is 0.00000320. The van der Waals surface area contributed by atoms with Crippen molar-refractivity contribution in [1.29, 1.82) is 0 Å². The van der Waals surface area contributed by atoms with Gasteiger partial charge in [-0.25, -0.2) is 4.99 Å². The topological polar surface area (TPSA) is 79.6 Å². The number of rotatable bonds is 10. The molecule has 1 saturated heterocycles. The van der Waals surface area contributed by atoms with Crippen molar-refractivity contribution in [1.82, 2.24) is 30.3 Å². The van der Waals surface area contributed by atoms with E-state index < -0.39 is 0 Å². The molecular formula is C21H34IN7O. The summed E-state index contributed by atoms with van der Waals surface area (Å²) in [6.45, 7) is 10.1. The Hall–Kier alpha value is -1.72. The maximum atomic E-state index is 5.46. The van der Waals surface area contributed by atoms with Crippen LogP contribution in [0, 0.1) is 0 Å². The number of nitrogens with one attached hydrogen (secondary N) is 2. The van der Waals surface area contributed by atoms with Gasteiger partial charge in [0.1, 0.15) is 12.7 Å². The lowest BCUT2D eigenvalue weighted by Crippen LogP contribution is -2.38. The second-order valence-electron chi connectivity index (χ2n) is 7.19. The summed E-state index contributed by atoms with van der Waals surface area (Å²) in [6.07, 6.45) is 5.66. The molecule has 0 spiro atoms. The molecule has 1 aliphatic heterocycles. The van der Waals surface area contributed by atoms with Gasteiger partial charge in [0.25, 0.3) is 0 Å². The SMILES string of the molecule is CCNC(=NCc1ccccc1CN1CCOCC1)NCCCCn1cnnc1.I. The molecule has 0 amide bonds. The quantitative estimate of drug-likeness (QED) is 0.214. The molecule has 0 saturated carbocycles. The molecule has 166 valence electrons. The van der Waals surface area contributed by atoms with E-state index in [0.29, 0.717) is 6.54 Å². The molecule has 1 aromatic heterocycles. The van der Waals surface area contributed by atoms with Crippen LogP contribution in [0.3, 0.4) is 0 Å². The Kier molecular flexibility index (Phi) is 11.7. The van der Waals surface area contributed by atoms with Gasteiger partial charge >= 0.3 is 0 Å². The van der Waals surface area contributed by atoms with E-state index in [1.807, 2.05) is 4.57 Å². The first-order chi connectivity index (χ1) is 14.3. The summed E-state index contributed by atoms with van der Waals surface area (Å²) in [4.78, 5) is 7.26. The second kappa shape index (κ2) is 14.3. The first kappa shape index (κ1) is 24.5. The Bertz CT molecular complexity index is 733. The minimum atomic E-state index is 0. The number of nitrogens with zero attached hydrogens (tertiary/aromatic N) is 5. The van der Waals surface area contributed by atoms with Gasteiger partial charge < -0.3 is 19.9 Å². The van der Waals surface area contributed by atoms with Crippen molar-refractivity contribution in [2.75, 3.05) is 39.4 Å². The monoisotopic (exact) mass is 527 g/mol. The zero-order valence-electron chi connectivity index (χ0n) is 17.8. The number of unbranched alkanes of at least 4 members (excludes halogenated alkanes) is 1. The van der Waals surface area contributed by atoms with E-state index in [0.717, 1.165) is 71.3 Å². The molecule has 1 fully saturated rings. The normalized spacial score (nSPS) is 14.9. The summed E-state index contributed by atoms with van der Waals surface area (Å²) in [5.41, 5.74) is 2.63. The number of guanidine groups is 1. The number of hydrogen-bond acceptors (Lipinski definition) is 5. The predicted molar refractivity (Wildman–Crippen MR) is 130 cm³/mol. The van der Waals surface area contributed by atoms with E-state index in [1.165, 1.54) is 11.1 Å². The fraction of sp³-hybridized carbons (Fsp3) is 0.571. The Labute approximate surface area is 196 Å². The molecule has 2 aromatic rings. The molecule has 0 aliphatic carbocycles. The average molecular weight is 527 g/mol. The van der Waals surface area contributed by atoms with Crippen LogP contribution in [0.25, 0.3) is 0 Å². The van der Waals surface area contributed by atoms with Gasteiger partial charge in [0.2, 0.25) is 0 Å². The lowest BCUT2D eigenvalue weighted by atomic mass is 10.1. The molecule has 1 aromatic carbocycles. The van der Waals surface area contributed by atoms with Gasteiger partial charge in [0.05, 0.1) is 19.8 Å². The molecule has 0 radical (unpaired) electrons. The van der Waals surface area contributed by atoms with Crippen LogP contribution >= 0.6 is 24.0 Å². The van der Waals surface area contributed by atoms with Gasteiger partial charge in [-0.2, -0.15) is 0 Å². The van der Waals surface area contributed by atoms with Crippen LogP contribution in [-0.4, -0.2) is 65.0 Å². The molecule has 0 atom stereocenters. The van der Waals surface area contributed by atoms with Crippen LogP contribution in [0.5, 0.6) is 0 Å². The second-order valence-corrected chi connectivity index (χ2v) is 7.19. The van der Waals surface area contributed by atoms with Crippen molar-refractivity contribution in [2.45, 2.75) is 39.4 Å². The molecule has 9 heteroatoms. The van der Waals surface area contributed by atoms with E-state index in [2.05, 4.69) is 56.9 Å². The van der Waals surface area contributed by atoms with Crippen LogP contribution in [0.2, 0.25) is 0 Å². The van der Waals surface area contributed by atoms with E-state index in [9.17, 15) is 0 Å². The molecular weight excluding hydrogens is 493 g/mol. The molecule has 30 heavy (non-hydrogen) atoms. The molecule has 1 aliphatic rings. The van der Waals surface area contributed by atoms with Crippen LogP contribution in [0.15, 0.2) is 41.9 Å². The van der Waals surface area contributed by atoms with E-state index in [1.54, 1.807) is 12.7 Å². The first-order valence-corrected chi connectivity index (χ1v) is 10.6. The fourth-order valence-corrected chi connectivity index (χ4v) is 3.34. The molecule has 2 heterocycles.